The Bertz CT molecular complexity index is 732. The number of likely N-dealkylation sites (tertiary alicyclic amines) is 1. The van der Waals surface area contributed by atoms with Crippen molar-refractivity contribution in [3.8, 4) is 0 Å². The van der Waals surface area contributed by atoms with Crippen LogP contribution in [0.4, 0.5) is 19.3 Å². The fourth-order valence-electron chi connectivity index (χ4n) is 4.78. The first-order valence-electron chi connectivity index (χ1n) is 11.1. The zero-order valence-electron chi connectivity index (χ0n) is 18.7. The summed E-state index contributed by atoms with van der Waals surface area (Å²) in [5.41, 5.74) is 0.601. The number of halogens is 2. The first-order valence-corrected chi connectivity index (χ1v) is 11.1. The molecule has 0 saturated carbocycles. The number of nitrogens with one attached hydrogen (secondary N) is 2. The molecule has 5 nitrogen and oxygen atoms in total. The van der Waals surface area contributed by atoms with Gasteiger partial charge in [0.15, 0.2) is 11.6 Å². The molecule has 2 aliphatic rings. The number of rotatable bonds is 6. The maximum absolute atomic E-state index is 13.5. The van der Waals surface area contributed by atoms with Crippen molar-refractivity contribution in [2.24, 2.45) is 17.8 Å². The van der Waals surface area contributed by atoms with Crippen molar-refractivity contribution in [2.75, 3.05) is 44.2 Å². The Morgan fingerprint density at radius 1 is 1.10 bits per heavy atom. The van der Waals surface area contributed by atoms with Crippen LogP contribution in [-0.2, 0) is 0 Å². The zero-order chi connectivity index (χ0) is 21.9. The van der Waals surface area contributed by atoms with Gasteiger partial charge in [-0.3, -0.25) is 4.90 Å². The van der Waals surface area contributed by atoms with Gasteiger partial charge in [-0.25, -0.2) is 13.6 Å². The molecule has 2 amide bonds. The van der Waals surface area contributed by atoms with Gasteiger partial charge in [0.05, 0.1) is 0 Å². The van der Waals surface area contributed by atoms with Crippen LogP contribution < -0.4 is 15.5 Å². The number of carbonyl (C=O) groups excluding carboxylic acids is 1. The molecule has 3 unspecified atom stereocenters. The van der Waals surface area contributed by atoms with Crippen molar-refractivity contribution in [3.63, 3.8) is 0 Å². The minimum Gasteiger partial charge on any atom is -0.371 e. The van der Waals surface area contributed by atoms with E-state index >= 15 is 0 Å². The molecule has 3 rings (SSSR count). The van der Waals surface area contributed by atoms with Crippen molar-refractivity contribution in [3.05, 3.63) is 29.8 Å². The number of nitrogens with zero attached hydrogens (tertiary/aromatic N) is 2. The smallest absolute Gasteiger partial charge is 0.314 e. The molecule has 0 aliphatic carbocycles. The highest BCUT2D eigenvalue weighted by Crippen LogP contribution is 2.27. The minimum absolute atomic E-state index is 0.0862. The Hall–Kier alpha value is -1.89. The van der Waals surface area contributed by atoms with Crippen LogP contribution >= 0.6 is 0 Å². The van der Waals surface area contributed by atoms with E-state index in [2.05, 4.69) is 43.2 Å². The minimum atomic E-state index is -0.829. The van der Waals surface area contributed by atoms with Gasteiger partial charge in [-0.2, -0.15) is 0 Å². The fourth-order valence-corrected chi connectivity index (χ4v) is 4.78. The molecule has 2 saturated heterocycles. The van der Waals surface area contributed by atoms with E-state index in [1.165, 1.54) is 12.5 Å². The van der Waals surface area contributed by atoms with E-state index in [9.17, 15) is 13.6 Å². The molecule has 2 N–H and O–H groups in total. The number of benzene rings is 1. The Morgan fingerprint density at radius 3 is 2.47 bits per heavy atom. The summed E-state index contributed by atoms with van der Waals surface area (Å²) >= 11 is 0. The van der Waals surface area contributed by atoms with Crippen LogP contribution in [-0.4, -0.2) is 55.7 Å². The summed E-state index contributed by atoms with van der Waals surface area (Å²) in [5.74, 6) is 0.00180. The number of carbonyl (C=O) groups is 1. The highest BCUT2D eigenvalue weighted by molar-refractivity contribution is 5.73. The van der Waals surface area contributed by atoms with Gasteiger partial charge in [-0.15, -0.1) is 0 Å². The summed E-state index contributed by atoms with van der Waals surface area (Å²) in [6, 6.07) is 3.86. The predicted octanol–water partition coefficient (Wildman–Crippen LogP) is 3.85. The molecule has 1 aromatic carbocycles. The molecular formula is C23H36F2N4O. The molecule has 0 spiro atoms. The monoisotopic (exact) mass is 422 g/mol. The molecule has 1 aromatic rings. The number of anilines is 1. The molecule has 2 fully saturated rings. The fraction of sp³-hybridized carbons (Fsp3) is 0.696. The normalized spacial score (nSPS) is 25.4. The summed E-state index contributed by atoms with van der Waals surface area (Å²) in [6.45, 7) is 13.8. The van der Waals surface area contributed by atoms with Crippen molar-refractivity contribution in [2.45, 2.75) is 46.1 Å². The van der Waals surface area contributed by atoms with Gasteiger partial charge < -0.3 is 15.5 Å². The highest BCUT2D eigenvalue weighted by atomic mass is 19.2. The van der Waals surface area contributed by atoms with E-state index in [-0.39, 0.29) is 11.6 Å². The van der Waals surface area contributed by atoms with Gasteiger partial charge in [0.2, 0.25) is 0 Å². The Morgan fingerprint density at radius 2 is 1.80 bits per heavy atom. The Kier molecular flexibility index (Phi) is 7.22. The highest BCUT2D eigenvalue weighted by Gasteiger charge is 2.33. The third-order valence-electron chi connectivity index (χ3n) is 6.51. The van der Waals surface area contributed by atoms with E-state index in [1.54, 1.807) is 6.07 Å². The van der Waals surface area contributed by atoms with Crippen LogP contribution in [0.5, 0.6) is 0 Å². The lowest BCUT2D eigenvalue weighted by molar-refractivity contribution is 0.0472. The summed E-state index contributed by atoms with van der Waals surface area (Å²) in [4.78, 5) is 16.9. The molecular weight excluding hydrogens is 386 g/mol. The van der Waals surface area contributed by atoms with Gasteiger partial charge in [0.25, 0.3) is 0 Å². The van der Waals surface area contributed by atoms with Gasteiger partial charge in [0.1, 0.15) is 0 Å². The van der Waals surface area contributed by atoms with Gasteiger partial charge in [0, 0.05) is 56.6 Å². The summed E-state index contributed by atoms with van der Waals surface area (Å²) in [5, 5.41) is 6.01. The second-order valence-electron chi connectivity index (χ2n) is 9.93. The standard InChI is InChI=1S/C23H36F2N4O/c1-16-9-17(2)13-29(12-16)23(3,4)15-27-22(30)26-11-18-7-8-28(14-18)19-5-6-20(24)21(25)10-19/h5-6,10,16-18H,7-9,11-15H2,1-4H3,(H2,26,27,30). The second-order valence-corrected chi connectivity index (χ2v) is 9.93. The average Bonchev–Trinajstić information content (AvgIpc) is 3.15. The largest absolute Gasteiger partial charge is 0.371 e. The van der Waals surface area contributed by atoms with E-state index in [4.69, 9.17) is 0 Å². The molecule has 0 aromatic heterocycles. The van der Waals surface area contributed by atoms with Crippen LogP contribution in [0.3, 0.4) is 0 Å². The van der Waals surface area contributed by atoms with E-state index in [0.717, 1.165) is 38.7 Å². The molecule has 2 heterocycles. The Balaban J connectivity index is 1.41. The van der Waals surface area contributed by atoms with Crippen LogP contribution in [0, 0.1) is 29.4 Å². The first kappa shape index (κ1) is 22.8. The van der Waals surface area contributed by atoms with Crippen LogP contribution in [0.15, 0.2) is 18.2 Å². The van der Waals surface area contributed by atoms with Crippen LogP contribution in [0.1, 0.15) is 40.5 Å². The molecule has 3 atom stereocenters. The number of hydrogen-bond donors (Lipinski definition) is 2. The third-order valence-corrected chi connectivity index (χ3v) is 6.51. The topological polar surface area (TPSA) is 47.6 Å². The average molecular weight is 423 g/mol. The van der Waals surface area contributed by atoms with Crippen molar-refractivity contribution >= 4 is 11.7 Å². The summed E-state index contributed by atoms with van der Waals surface area (Å²) in [7, 11) is 0. The van der Waals surface area contributed by atoms with Crippen molar-refractivity contribution in [1.29, 1.82) is 0 Å². The van der Waals surface area contributed by atoms with Crippen LogP contribution in [0.25, 0.3) is 0 Å². The molecule has 30 heavy (non-hydrogen) atoms. The quantitative estimate of drug-likeness (QED) is 0.732. The van der Waals surface area contributed by atoms with Crippen LogP contribution in [0.2, 0.25) is 0 Å². The van der Waals surface area contributed by atoms with Crippen molar-refractivity contribution < 1.29 is 13.6 Å². The third kappa shape index (κ3) is 5.84. The zero-order valence-corrected chi connectivity index (χ0v) is 18.7. The first-order chi connectivity index (χ1) is 14.1. The number of urea groups is 1. The maximum Gasteiger partial charge on any atom is 0.314 e. The molecule has 0 radical (unpaired) electrons. The van der Waals surface area contributed by atoms with E-state index in [1.807, 2.05) is 4.90 Å². The number of piperidine rings is 1. The number of amides is 2. The van der Waals surface area contributed by atoms with E-state index < -0.39 is 11.6 Å². The molecule has 0 bridgehead atoms. The molecule has 2 aliphatic heterocycles. The lowest BCUT2D eigenvalue weighted by Crippen LogP contribution is -2.57. The predicted molar refractivity (Wildman–Crippen MR) is 117 cm³/mol. The summed E-state index contributed by atoms with van der Waals surface area (Å²) < 4.78 is 26.6. The van der Waals surface area contributed by atoms with Crippen molar-refractivity contribution in [1.82, 2.24) is 15.5 Å². The Labute approximate surface area is 179 Å². The lowest BCUT2D eigenvalue weighted by atomic mass is 9.88. The van der Waals surface area contributed by atoms with E-state index in [0.29, 0.717) is 36.5 Å². The number of hydrogen-bond acceptors (Lipinski definition) is 3. The SMILES string of the molecule is CC1CC(C)CN(C(C)(C)CNC(=O)NCC2CCN(c3ccc(F)c(F)c3)C2)C1. The van der Waals surface area contributed by atoms with Gasteiger partial charge in [-0.05, 0) is 56.6 Å². The van der Waals surface area contributed by atoms with Gasteiger partial charge in [-0.1, -0.05) is 13.8 Å². The second kappa shape index (κ2) is 9.50. The lowest BCUT2D eigenvalue weighted by Gasteiger charge is -2.45. The van der Waals surface area contributed by atoms with Gasteiger partial charge >= 0.3 is 6.03 Å². The molecule has 7 heteroatoms. The maximum atomic E-state index is 13.5. The summed E-state index contributed by atoms with van der Waals surface area (Å²) in [6.07, 6.45) is 2.18. The molecule has 168 valence electrons.